The van der Waals surface area contributed by atoms with Crippen LogP contribution < -0.4 is 25.8 Å². The Kier molecular flexibility index (Phi) is 9.38. The number of amides is 1. The molecule has 1 aliphatic rings. The molecule has 1 fully saturated rings. The molecule has 1 aromatic carbocycles. The van der Waals surface area contributed by atoms with Crippen molar-refractivity contribution in [3.63, 3.8) is 0 Å². The van der Waals surface area contributed by atoms with Gasteiger partial charge < -0.3 is 34.8 Å². The summed E-state index contributed by atoms with van der Waals surface area (Å²) >= 11 is 6.55. The molecule has 3 heterocycles. The molecule has 0 saturated carbocycles. The Morgan fingerprint density at radius 2 is 1.95 bits per heavy atom. The van der Waals surface area contributed by atoms with Crippen LogP contribution in [0, 0.1) is 23.2 Å². The third-order valence-corrected chi connectivity index (χ3v) is 7.58. The van der Waals surface area contributed by atoms with Crippen molar-refractivity contribution in [1.82, 2.24) is 19.8 Å². The third-order valence-electron chi connectivity index (χ3n) is 7.29. The summed E-state index contributed by atoms with van der Waals surface area (Å²) in [6.45, 7) is 5.87. The molecule has 3 atom stereocenters. The highest BCUT2D eigenvalue weighted by atomic mass is 35.5. The molecular formula is C29H36ClN7O4. The minimum atomic E-state index is -0.417. The predicted octanol–water partition coefficient (Wildman–Crippen LogP) is 2.80. The minimum absolute atomic E-state index is 0.0181. The van der Waals surface area contributed by atoms with Crippen molar-refractivity contribution in [3.8, 4) is 11.8 Å². The number of piperidine rings is 1. The zero-order valence-corrected chi connectivity index (χ0v) is 24.7. The number of likely N-dealkylation sites (N-methyl/N-ethyl adjacent to an activating group) is 2. The molecule has 2 aromatic heterocycles. The smallest absolute Gasteiger partial charge is 0.293 e. The van der Waals surface area contributed by atoms with E-state index in [9.17, 15) is 20.0 Å². The number of anilines is 3. The lowest BCUT2D eigenvalue weighted by Crippen LogP contribution is -2.48. The lowest BCUT2D eigenvalue weighted by molar-refractivity contribution is -0.122. The van der Waals surface area contributed by atoms with Crippen molar-refractivity contribution in [1.29, 1.82) is 5.26 Å². The average molecular weight is 582 g/mol. The van der Waals surface area contributed by atoms with Gasteiger partial charge in [0.1, 0.15) is 11.9 Å². The van der Waals surface area contributed by atoms with E-state index in [2.05, 4.69) is 16.7 Å². The number of rotatable bonds is 9. The predicted molar refractivity (Wildman–Crippen MR) is 160 cm³/mol. The summed E-state index contributed by atoms with van der Waals surface area (Å²) in [5.74, 6) is 0.652. The van der Waals surface area contributed by atoms with Gasteiger partial charge in [-0.05, 0) is 56.3 Å². The van der Waals surface area contributed by atoms with Gasteiger partial charge in [-0.15, -0.1) is 0 Å². The van der Waals surface area contributed by atoms with Gasteiger partial charge in [0.25, 0.3) is 11.5 Å². The normalized spacial score (nSPS) is 18.8. The second kappa shape index (κ2) is 12.8. The molecule has 41 heavy (non-hydrogen) atoms. The summed E-state index contributed by atoms with van der Waals surface area (Å²) in [7, 11) is 5.36. The molecule has 1 saturated heterocycles. The summed E-state index contributed by atoms with van der Waals surface area (Å²) in [5.41, 5.74) is 1.41. The van der Waals surface area contributed by atoms with Crippen LogP contribution in [0.5, 0.6) is 5.75 Å². The van der Waals surface area contributed by atoms with Gasteiger partial charge in [0.15, 0.2) is 18.2 Å². The van der Waals surface area contributed by atoms with Crippen LogP contribution >= 0.6 is 11.6 Å². The number of nitriles is 1. The van der Waals surface area contributed by atoms with Crippen LogP contribution in [0.15, 0.2) is 35.1 Å². The fourth-order valence-corrected chi connectivity index (χ4v) is 5.22. The van der Waals surface area contributed by atoms with E-state index >= 15 is 0 Å². The van der Waals surface area contributed by atoms with Gasteiger partial charge in [-0.2, -0.15) is 5.26 Å². The first kappa shape index (κ1) is 30.1. The Bertz CT molecular complexity index is 1520. The van der Waals surface area contributed by atoms with Crippen molar-refractivity contribution in [3.05, 3.63) is 51.3 Å². The minimum Gasteiger partial charge on any atom is -0.478 e. The van der Waals surface area contributed by atoms with Crippen LogP contribution in [0.1, 0.15) is 19.4 Å². The Labute approximate surface area is 244 Å². The number of nitrogens with zero attached hydrogens (tertiary/aromatic N) is 5. The Balaban J connectivity index is 1.72. The van der Waals surface area contributed by atoms with Crippen molar-refractivity contribution in [2.75, 3.05) is 57.6 Å². The molecule has 1 amide bonds. The Hall–Kier alpha value is -3.85. The zero-order valence-electron chi connectivity index (χ0n) is 23.9. The number of aliphatic hydroxyl groups excluding tert-OH is 1. The van der Waals surface area contributed by atoms with Gasteiger partial charge in [0.05, 0.1) is 22.2 Å². The van der Waals surface area contributed by atoms with E-state index in [1.165, 1.54) is 7.05 Å². The number of nitrogens with one attached hydrogen (secondary N) is 2. The monoisotopic (exact) mass is 581 g/mol. The SMILES string of the molecule is CNC(=O)COc1cc2cc(Nc3nc(N4C[C@@H](C)C(O)[C@@H](C)C4)c(C#N)cc3Cl)ccc2n(CCN(C)C)c1=O. The van der Waals surface area contributed by atoms with Crippen molar-refractivity contribution in [2.45, 2.75) is 26.5 Å². The summed E-state index contributed by atoms with van der Waals surface area (Å²) in [6, 6.07) is 10.9. The molecule has 11 nitrogen and oxygen atoms in total. The van der Waals surface area contributed by atoms with Gasteiger partial charge in [0.2, 0.25) is 0 Å². The number of ether oxygens (including phenoxy) is 1. The fourth-order valence-electron chi connectivity index (χ4n) is 5.03. The first-order chi connectivity index (χ1) is 19.5. The number of carbonyl (C=O) groups is 1. The van der Waals surface area contributed by atoms with Gasteiger partial charge in [0, 0.05) is 44.3 Å². The molecule has 0 aliphatic carbocycles. The van der Waals surface area contributed by atoms with Crippen LogP contribution in [0.2, 0.25) is 5.02 Å². The van der Waals surface area contributed by atoms with E-state index in [0.29, 0.717) is 54.6 Å². The number of hydrogen-bond donors (Lipinski definition) is 3. The quantitative estimate of drug-likeness (QED) is 0.348. The van der Waals surface area contributed by atoms with Crippen molar-refractivity contribution in [2.24, 2.45) is 11.8 Å². The second-order valence-corrected chi connectivity index (χ2v) is 11.2. The highest BCUT2D eigenvalue weighted by molar-refractivity contribution is 6.33. The molecule has 3 aromatic rings. The first-order valence-electron chi connectivity index (χ1n) is 13.5. The number of carbonyl (C=O) groups excluding carboxylic acids is 1. The number of halogens is 1. The summed E-state index contributed by atoms with van der Waals surface area (Å²) in [4.78, 5) is 33.7. The van der Waals surface area contributed by atoms with E-state index in [0.717, 1.165) is 5.39 Å². The number of benzene rings is 1. The van der Waals surface area contributed by atoms with Crippen LogP contribution in [-0.4, -0.2) is 79.0 Å². The number of aromatic nitrogens is 2. The number of aliphatic hydroxyl groups is 1. The van der Waals surface area contributed by atoms with Gasteiger partial charge in [-0.25, -0.2) is 4.98 Å². The molecule has 0 spiro atoms. The highest BCUT2D eigenvalue weighted by Gasteiger charge is 2.32. The average Bonchev–Trinajstić information content (AvgIpc) is 2.94. The molecule has 3 N–H and O–H groups in total. The van der Waals surface area contributed by atoms with E-state index in [-0.39, 0.29) is 40.7 Å². The summed E-state index contributed by atoms with van der Waals surface area (Å²) in [5, 5.41) is 27.0. The van der Waals surface area contributed by atoms with Crippen LogP contribution in [-0.2, 0) is 11.3 Å². The van der Waals surface area contributed by atoms with E-state index in [4.69, 9.17) is 21.3 Å². The van der Waals surface area contributed by atoms with E-state index in [1.807, 2.05) is 55.9 Å². The van der Waals surface area contributed by atoms with Gasteiger partial charge >= 0.3 is 0 Å². The molecular weight excluding hydrogens is 546 g/mol. The van der Waals surface area contributed by atoms with E-state index < -0.39 is 6.10 Å². The van der Waals surface area contributed by atoms with Crippen LogP contribution in [0.3, 0.4) is 0 Å². The number of fused-ring (bicyclic) bond motifs is 1. The molecule has 12 heteroatoms. The zero-order chi connectivity index (χ0) is 29.8. The highest BCUT2D eigenvalue weighted by Crippen LogP contribution is 2.34. The topological polar surface area (TPSA) is 136 Å². The maximum absolute atomic E-state index is 13.2. The Morgan fingerprint density at radius 1 is 1.24 bits per heavy atom. The maximum Gasteiger partial charge on any atom is 0.293 e. The lowest BCUT2D eigenvalue weighted by Gasteiger charge is -2.39. The van der Waals surface area contributed by atoms with Crippen molar-refractivity contribution < 1.29 is 14.6 Å². The van der Waals surface area contributed by atoms with Gasteiger partial charge in [-0.1, -0.05) is 25.4 Å². The first-order valence-corrected chi connectivity index (χ1v) is 13.9. The van der Waals surface area contributed by atoms with Crippen LogP contribution in [0.4, 0.5) is 17.3 Å². The number of hydrogen-bond acceptors (Lipinski definition) is 9. The molecule has 218 valence electrons. The summed E-state index contributed by atoms with van der Waals surface area (Å²) < 4.78 is 7.22. The molecule has 0 radical (unpaired) electrons. The summed E-state index contributed by atoms with van der Waals surface area (Å²) in [6.07, 6.45) is -0.417. The molecule has 1 aliphatic heterocycles. The molecule has 4 rings (SSSR count). The van der Waals surface area contributed by atoms with Gasteiger partial charge in [-0.3, -0.25) is 9.59 Å². The van der Waals surface area contributed by atoms with Crippen LogP contribution in [0.25, 0.3) is 10.9 Å². The van der Waals surface area contributed by atoms with E-state index in [1.54, 1.807) is 16.7 Å². The van der Waals surface area contributed by atoms with Crippen molar-refractivity contribution >= 4 is 45.7 Å². The lowest BCUT2D eigenvalue weighted by atomic mass is 9.88. The maximum atomic E-state index is 13.2. The molecule has 0 bridgehead atoms. The standard InChI is InChI=1S/C29H36ClN7O4/c1-17-14-36(15-18(2)26(17)39)28-20(13-31)11-22(30)27(34-28)33-21-6-7-23-19(10-21)12-24(41-16-25(38)32-3)29(40)37(23)9-8-35(4)5/h6-7,10-12,17-18,26,39H,8-9,14-16H2,1-5H3,(H,32,38)(H,33,34)/t17-,18+,26?. The fraction of sp³-hybridized carbons (Fsp3) is 0.448. The largest absolute Gasteiger partial charge is 0.478 e. The number of pyridine rings is 2. The Morgan fingerprint density at radius 3 is 2.59 bits per heavy atom. The molecule has 1 unspecified atom stereocenters. The third kappa shape index (κ3) is 6.73. The second-order valence-electron chi connectivity index (χ2n) is 10.8.